The second-order valence-electron chi connectivity index (χ2n) is 3.91. The molecule has 0 spiro atoms. The van der Waals surface area contributed by atoms with Gasteiger partial charge in [-0.25, -0.2) is 0 Å². The summed E-state index contributed by atoms with van der Waals surface area (Å²) >= 11 is 0. The minimum Gasteiger partial charge on any atom is -0.388 e. The fourth-order valence-corrected chi connectivity index (χ4v) is 2.00. The van der Waals surface area contributed by atoms with Crippen LogP contribution in [-0.2, 0) is 14.3 Å². The van der Waals surface area contributed by atoms with Crippen molar-refractivity contribution in [2.24, 2.45) is 0 Å². The summed E-state index contributed by atoms with van der Waals surface area (Å²) in [5, 5.41) is 28.7. The summed E-state index contributed by atoms with van der Waals surface area (Å²) in [5.41, 5.74) is -1.71. The molecule has 16 heavy (non-hydrogen) atoms. The van der Waals surface area contributed by atoms with Gasteiger partial charge in [-0.05, 0) is 6.92 Å². The SMILES string of the molecule is [CH2]C(O[N+](=O)[O-])[C@]1(O)CO[C@@H]2[C@@H](O)CO[C@@H]21. The van der Waals surface area contributed by atoms with E-state index in [1.807, 2.05) is 0 Å². The van der Waals surface area contributed by atoms with Crippen LogP contribution in [0.1, 0.15) is 0 Å². The van der Waals surface area contributed by atoms with E-state index < -0.39 is 35.1 Å². The van der Waals surface area contributed by atoms with Gasteiger partial charge in [0.25, 0.3) is 5.09 Å². The maximum absolute atomic E-state index is 10.2. The lowest BCUT2D eigenvalue weighted by Crippen LogP contribution is -2.53. The molecule has 5 atom stereocenters. The Kier molecular flexibility index (Phi) is 2.74. The van der Waals surface area contributed by atoms with E-state index in [9.17, 15) is 20.3 Å². The highest BCUT2D eigenvalue weighted by atomic mass is 17.0. The molecular formula is C8H12NO7. The molecule has 1 radical (unpaired) electrons. The molecule has 2 N–H and O–H groups in total. The van der Waals surface area contributed by atoms with Crippen molar-refractivity contribution in [3.63, 3.8) is 0 Å². The summed E-state index contributed by atoms with van der Waals surface area (Å²) in [6.07, 6.45) is -3.72. The first-order chi connectivity index (χ1) is 7.45. The van der Waals surface area contributed by atoms with Crippen LogP contribution < -0.4 is 0 Å². The molecule has 0 aromatic rings. The summed E-state index contributed by atoms with van der Waals surface area (Å²) in [6.45, 7) is 3.16. The van der Waals surface area contributed by atoms with E-state index in [1.54, 1.807) is 0 Å². The van der Waals surface area contributed by atoms with Crippen LogP contribution in [0.2, 0.25) is 0 Å². The molecule has 0 aliphatic carbocycles. The van der Waals surface area contributed by atoms with Gasteiger partial charge in [-0.1, -0.05) is 0 Å². The van der Waals surface area contributed by atoms with Crippen LogP contribution >= 0.6 is 0 Å². The van der Waals surface area contributed by atoms with Crippen LogP contribution in [0.15, 0.2) is 0 Å². The van der Waals surface area contributed by atoms with Gasteiger partial charge in [-0.15, -0.1) is 10.1 Å². The van der Waals surface area contributed by atoms with Gasteiger partial charge in [-0.2, -0.15) is 0 Å². The molecule has 91 valence electrons. The zero-order valence-corrected chi connectivity index (χ0v) is 8.31. The zero-order chi connectivity index (χ0) is 11.9. The van der Waals surface area contributed by atoms with E-state index in [0.717, 1.165) is 0 Å². The molecule has 0 aromatic heterocycles. The van der Waals surface area contributed by atoms with Crippen LogP contribution in [0.5, 0.6) is 0 Å². The highest BCUT2D eigenvalue weighted by Crippen LogP contribution is 2.37. The van der Waals surface area contributed by atoms with Crippen LogP contribution in [0.3, 0.4) is 0 Å². The number of aliphatic hydroxyl groups excluding tert-OH is 1. The third-order valence-electron chi connectivity index (χ3n) is 2.89. The van der Waals surface area contributed by atoms with E-state index in [0.29, 0.717) is 0 Å². The standard InChI is InChI=1S/C8H12NO7/c1-4(16-9(12)13)8(11)3-15-6-5(10)2-14-7(6)8/h4-7,10-11H,1-3H2/t4?,5-,6+,7-,8+/m0/s1. The Labute approximate surface area is 90.8 Å². The van der Waals surface area contributed by atoms with Gasteiger partial charge in [0.05, 0.1) is 13.2 Å². The molecule has 2 heterocycles. The van der Waals surface area contributed by atoms with Crippen LogP contribution in [0, 0.1) is 17.0 Å². The van der Waals surface area contributed by atoms with Gasteiger partial charge in [0.2, 0.25) is 0 Å². The van der Waals surface area contributed by atoms with Gasteiger partial charge in [0.1, 0.15) is 30.0 Å². The molecule has 0 saturated carbocycles. The Morgan fingerprint density at radius 1 is 1.62 bits per heavy atom. The summed E-state index contributed by atoms with van der Waals surface area (Å²) in [7, 11) is 0. The normalized spacial score (nSPS) is 44.1. The molecule has 1 unspecified atom stereocenters. The number of ether oxygens (including phenoxy) is 2. The molecular weight excluding hydrogens is 222 g/mol. The lowest BCUT2D eigenvalue weighted by molar-refractivity contribution is -0.770. The number of nitrogens with zero attached hydrogens (tertiary/aromatic N) is 1. The Morgan fingerprint density at radius 2 is 2.31 bits per heavy atom. The van der Waals surface area contributed by atoms with Crippen molar-refractivity contribution in [3.05, 3.63) is 17.0 Å². The molecule has 8 heteroatoms. The van der Waals surface area contributed by atoms with E-state index in [4.69, 9.17) is 9.47 Å². The number of fused-ring (bicyclic) bond motifs is 1. The molecule has 0 aromatic carbocycles. The van der Waals surface area contributed by atoms with E-state index in [1.165, 1.54) is 0 Å². The molecule has 2 rings (SSSR count). The molecule has 0 amide bonds. The average Bonchev–Trinajstić information content (AvgIpc) is 2.70. The number of aliphatic hydroxyl groups is 2. The maximum Gasteiger partial charge on any atom is 0.294 e. The smallest absolute Gasteiger partial charge is 0.294 e. The predicted octanol–water partition coefficient (Wildman–Crippen LogP) is -1.71. The van der Waals surface area contributed by atoms with E-state index in [-0.39, 0.29) is 13.2 Å². The first kappa shape index (κ1) is 11.5. The van der Waals surface area contributed by atoms with Gasteiger partial charge >= 0.3 is 0 Å². The van der Waals surface area contributed by atoms with Gasteiger partial charge in [0.15, 0.2) is 0 Å². The van der Waals surface area contributed by atoms with Crippen molar-refractivity contribution in [1.82, 2.24) is 0 Å². The van der Waals surface area contributed by atoms with Crippen molar-refractivity contribution in [2.45, 2.75) is 30.0 Å². The summed E-state index contributed by atoms with van der Waals surface area (Å²) in [6, 6.07) is 0. The lowest BCUT2D eigenvalue weighted by atomic mass is 9.91. The monoisotopic (exact) mass is 234 g/mol. The van der Waals surface area contributed by atoms with E-state index >= 15 is 0 Å². The minimum absolute atomic E-state index is 0.0167. The second kappa shape index (κ2) is 3.81. The molecule has 8 nitrogen and oxygen atoms in total. The minimum atomic E-state index is -1.71. The van der Waals surface area contributed by atoms with Crippen molar-refractivity contribution in [1.29, 1.82) is 0 Å². The first-order valence-corrected chi connectivity index (χ1v) is 4.73. The third-order valence-corrected chi connectivity index (χ3v) is 2.89. The fraction of sp³-hybridized carbons (Fsp3) is 0.875. The topological polar surface area (TPSA) is 111 Å². The zero-order valence-electron chi connectivity index (χ0n) is 8.31. The van der Waals surface area contributed by atoms with Crippen LogP contribution in [-0.4, -0.2) is 58.5 Å². The highest BCUT2D eigenvalue weighted by Gasteiger charge is 2.59. The first-order valence-electron chi connectivity index (χ1n) is 4.73. The molecule has 2 saturated heterocycles. The van der Waals surface area contributed by atoms with Gasteiger partial charge in [-0.3, -0.25) is 0 Å². The summed E-state index contributed by atoms with van der Waals surface area (Å²) in [4.78, 5) is 14.4. The summed E-state index contributed by atoms with van der Waals surface area (Å²) < 4.78 is 10.3. The molecule has 2 fully saturated rings. The van der Waals surface area contributed by atoms with Crippen LogP contribution in [0.25, 0.3) is 0 Å². The molecule has 0 bridgehead atoms. The van der Waals surface area contributed by atoms with Crippen molar-refractivity contribution < 1.29 is 29.6 Å². The number of hydrogen-bond donors (Lipinski definition) is 2. The predicted molar refractivity (Wildman–Crippen MR) is 47.7 cm³/mol. The summed E-state index contributed by atoms with van der Waals surface area (Å²) in [5.74, 6) is 0. The fourth-order valence-electron chi connectivity index (χ4n) is 2.00. The van der Waals surface area contributed by atoms with Gasteiger partial charge in [0, 0.05) is 0 Å². The number of hydrogen-bond acceptors (Lipinski definition) is 7. The Morgan fingerprint density at radius 3 is 2.94 bits per heavy atom. The van der Waals surface area contributed by atoms with Crippen molar-refractivity contribution in [3.8, 4) is 0 Å². The Balaban J connectivity index is 2.11. The lowest BCUT2D eigenvalue weighted by Gasteiger charge is -2.30. The third kappa shape index (κ3) is 1.63. The van der Waals surface area contributed by atoms with E-state index in [2.05, 4.69) is 11.8 Å². The maximum atomic E-state index is 10.2. The largest absolute Gasteiger partial charge is 0.388 e. The number of rotatable bonds is 3. The van der Waals surface area contributed by atoms with Crippen LogP contribution in [0.4, 0.5) is 0 Å². The van der Waals surface area contributed by atoms with Gasteiger partial charge < -0.3 is 24.5 Å². The second-order valence-corrected chi connectivity index (χ2v) is 3.91. The highest BCUT2D eigenvalue weighted by molar-refractivity contribution is 5.08. The van der Waals surface area contributed by atoms with Crippen molar-refractivity contribution >= 4 is 0 Å². The quantitative estimate of drug-likeness (QED) is 0.441. The Hall–Kier alpha value is -0.960. The molecule has 2 aliphatic rings. The Bertz CT molecular complexity index is 298. The molecule has 2 aliphatic heterocycles. The average molecular weight is 234 g/mol. The van der Waals surface area contributed by atoms with Crippen molar-refractivity contribution in [2.75, 3.05) is 13.2 Å².